The first-order valence-corrected chi connectivity index (χ1v) is 6.24. The first-order chi connectivity index (χ1) is 7.56. The summed E-state index contributed by atoms with van der Waals surface area (Å²) in [6.07, 6.45) is 3.94. The molecule has 0 aromatic heterocycles. The van der Waals surface area contributed by atoms with Crippen LogP contribution in [0.25, 0.3) is 0 Å². The van der Waals surface area contributed by atoms with Gasteiger partial charge in [0.15, 0.2) is 0 Å². The molecule has 2 rings (SSSR count). The molecule has 3 heteroatoms. The fourth-order valence-corrected chi connectivity index (χ4v) is 2.17. The van der Waals surface area contributed by atoms with E-state index in [-0.39, 0.29) is 0 Å². The van der Waals surface area contributed by atoms with Crippen LogP contribution < -0.4 is 11.1 Å². The standard InChI is InChI=1S/C13H19ClN2/c1-3-13(4-5-13)8-16-12-7-10(14)11(15)6-9(12)2/h6-7,16H,3-5,8,15H2,1-2H3. The summed E-state index contributed by atoms with van der Waals surface area (Å²) in [5, 5.41) is 4.13. The molecule has 0 heterocycles. The fourth-order valence-electron chi connectivity index (χ4n) is 2.01. The summed E-state index contributed by atoms with van der Waals surface area (Å²) in [5.41, 5.74) is 9.22. The van der Waals surface area contributed by atoms with Gasteiger partial charge in [0.05, 0.1) is 10.7 Å². The lowest BCUT2D eigenvalue weighted by atomic mass is 10.0. The van der Waals surface area contributed by atoms with Crippen LogP contribution in [0.5, 0.6) is 0 Å². The Bertz CT molecular complexity index is 397. The Morgan fingerprint density at radius 3 is 2.69 bits per heavy atom. The van der Waals surface area contributed by atoms with Crippen LogP contribution in [0.4, 0.5) is 11.4 Å². The van der Waals surface area contributed by atoms with Crippen molar-refractivity contribution >= 4 is 23.0 Å². The number of aryl methyl sites for hydroxylation is 1. The molecular formula is C13H19ClN2. The molecule has 1 aliphatic carbocycles. The van der Waals surface area contributed by atoms with Gasteiger partial charge in [0, 0.05) is 12.2 Å². The van der Waals surface area contributed by atoms with Gasteiger partial charge in [0.1, 0.15) is 0 Å². The van der Waals surface area contributed by atoms with Crippen molar-refractivity contribution in [1.29, 1.82) is 0 Å². The maximum atomic E-state index is 6.02. The quantitative estimate of drug-likeness (QED) is 0.783. The van der Waals surface area contributed by atoms with E-state index in [1.807, 2.05) is 12.1 Å². The zero-order valence-electron chi connectivity index (χ0n) is 9.94. The number of anilines is 2. The highest BCUT2D eigenvalue weighted by atomic mass is 35.5. The van der Waals surface area contributed by atoms with Gasteiger partial charge < -0.3 is 11.1 Å². The van der Waals surface area contributed by atoms with Gasteiger partial charge in [0.2, 0.25) is 0 Å². The predicted molar refractivity (Wildman–Crippen MR) is 71.0 cm³/mol. The molecule has 0 radical (unpaired) electrons. The van der Waals surface area contributed by atoms with E-state index in [1.54, 1.807) is 0 Å². The zero-order chi connectivity index (χ0) is 11.8. The highest BCUT2D eigenvalue weighted by Crippen LogP contribution is 2.48. The van der Waals surface area contributed by atoms with Crippen LogP contribution >= 0.6 is 11.6 Å². The fraction of sp³-hybridized carbons (Fsp3) is 0.538. The van der Waals surface area contributed by atoms with Crippen molar-refractivity contribution in [3.63, 3.8) is 0 Å². The molecule has 1 aliphatic rings. The molecule has 1 fully saturated rings. The second-order valence-electron chi connectivity index (χ2n) is 4.90. The zero-order valence-corrected chi connectivity index (χ0v) is 10.7. The summed E-state index contributed by atoms with van der Waals surface area (Å²) in [5.74, 6) is 0. The van der Waals surface area contributed by atoms with E-state index in [9.17, 15) is 0 Å². The molecule has 0 amide bonds. The predicted octanol–water partition coefficient (Wildman–Crippen LogP) is 3.83. The van der Waals surface area contributed by atoms with Gasteiger partial charge in [-0.15, -0.1) is 0 Å². The van der Waals surface area contributed by atoms with Gasteiger partial charge in [-0.2, -0.15) is 0 Å². The Morgan fingerprint density at radius 1 is 1.44 bits per heavy atom. The maximum Gasteiger partial charge on any atom is 0.0656 e. The molecule has 0 bridgehead atoms. The highest BCUT2D eigenvalue weighted by molar-refractivity contribution is 6.33. The Kier molecular flexibility index (Phi) is 3.02. The van der Waals surface area contributed by atoms with Crippen molar-refractivity contribution in [3.05, 3.63) is 22.7 Å². The number of hydrogen-bond donors (Lipinski definition) is 2. The first-order valence-electron chi connectivity index (χ1n) is 5.86. The van der Waals surface area contributed by atoms with E-state index in [2.05, 4.69) is 19.2 Å². The van der Waals surface area contributed by atoms with Crippen molar-refractivity contribution in [2.45, 2.75) is 33.1 Å². The lowest BCUT2D eigenvalue weighted by Crippen LogP contribution is -2.15. The van der Waals surface area contributed by atoms with E-state index in [0.29, 0.717) is 16.1 Å². The summed E-state index contributed by atoms with van der Waals surface area (Å²) < 4.78 is 0. The number of hydrogen-bond acceptors (Lipinski definition) is 2. The Morgan fingerprint density at radius 2 is 2.12 bits per heavy atom. The lowest BCUT2D eigenvalue weighted by molar-refractivity contribution is 0.521. The number of nitrogen functional groups attached to an aromatic ring is 1. The summed E-state index contributed by atoms with van der Waals surface area (Å²) in [6, 6.07) is 3.86. The Labute approximate surface area is 102 Å². The van der Waals surface area contributed by atoms with E-state index >= 15 is 0 Å². The summed E-state index contributed by atoms with van der Waals surface area (Å²) >= 11 is 6.02. The second-order valence-corrected chi connectivity index (χ2v) is 5.30. The van der Waals surface area contributed by atoms with E-state index in [4.69, 9.17) is 17.3 Å². The van der Waals surface area contributed by atoms with Gasteiger partial charge in [-0.3, -0.25) is 0 Å². The average molecular weight is 239 g/mol. The maximum absolute atomic E-state index is 6.02. The van der Waals surface area contributed by atoms with E-state index < -0.39 is 0 Å². The molecule has 0 saturated heterocycles. The number of nitrogens with one attached hydrogen (secondary N) is 1. The first kappa shape index (κ1) is 11.6. The molecule has 1 aromatic rings. The lowest BCUT2D eigenvalue weighted by Gasteiger charge is -2.16. The number of rotatable bonds is 4. The minimum atomic E-state index is 0.542. The molecule has 1 aromatic carbocycles. The molecule has 16 heavy (non-hydrogen) atoms. The van der Waals surface area contributed by atoms with E-state index in [0.717, 1.165) is 17.8 Å². The summed E-state index contributed by atoms with van der Waals surface area (Å²) in [7, 11) is 0. The molecule has 0 spiro atoms. The Hall–Kier alpha value is -0.890. The van der Waals surface area contributed by atoms with Gasteiger partial charge in [0.25, 0.3) is 0 Å². The minimum absolute atomic E-state index is 0.542. The molecule has 3 N–H and O–H groups in total. The van der Waals surface area contributed by atoms with Crippen LogP contribution in [-0.4, -0.2) is 6.54 Å². The van der Waals surface area contributed by atoms with Crippen molar-refractivity contribution in [1.82, 2.24) is 0 Å². The molecule has 0 atom stereocenters. The largest absolute Gasteiger partial charge is 0.398 e. The van der Waals surface area contributed by atoms with Crippen molar-refractivity contribution < 1.29 is 0 Å². The third-order valence-corrected chi connectivity index (χ3v) is 4.03. The number of benzene rings is 1. The third-order valence-electron chi connectivity index (χ3n) is 3.70. The van der Waals surface area contributed by atoms with Gasteiger partial charge in [-0.25, -0.2) is 0 Å². The molecule has 1 saturated carbocycles. The van der Waals surface area contributed by atoms with Gasteiger partial charge >= 0.3 is 0 Å². The van der Waals surface area contributed by atoms with Crippen LogP contribution in [0.15, 0.2) is 12.1 Å². The Balaban J connectivity index is 2.07. The van der Waals surface area contributed by atoms with Crippen molar-refractivity contribution in [2.24, 2.45) is 5.41 Å². The van der Waals surface area contributed by atoms with Crippen LogP contribution in [-0.2, 0) is 0 Å². The van der Waals surface area contributed by atoms with Crippen LogP contribution in [0.2, 0.25) is 5.02 Å². The van der Waals surface area contributed by atoms with E-state index in [1.165, 1.54) is 19.3 Å². The monoisotopic (exact) mass is 238 g/mol. The number of nitrogens with two attached hydrogens (primary N) is 1. The average Bonchev–Trinajstić information content (AvgIpc) is 3.02. The highest BCUT2D eigenvalue weighted by Gasteiger charge is 2.40. The molecule has 88 valence electrons. The molecule has 0 unspecified atom stereocenters. The van der Waals surface area contributed by atoms with Crippen LogP contribution in [0.3, 0.4) is 0 Å². The SMILES string of the molecule is CCC1(CNc2cc(Cl)c(N)cc2C)CC1. The molecule has 0 aliphatic heterocycles. The van der Waals surface area contributed by atoms with Crippen molar-refractivity contribution in [3.8, 4) is 0 Å². The molecular weight excluding hydrogens is 220 g/mol. The second kappa shape index (κ2) is 4.17. The molecule has 2 nitrogen and oxygen atoms in total. The third kappa shape index (κ3) is 2.27. The van der Waals surface area contributed by atoms with Crippen LogP contribution in [0.1, 0.15) is 31.7 Å². The smallest absolute Gasteiger partial charge is 0.0656 e. The van der Waals surface area contributed by atoms with Gasteiger partial charge in [-0.1, -0.05) is 18.5 Å². The minimum Gasteiger partial charge on any atom is -0.398 e. The van der Waals surface area contributed by atoms with Gasteiger partial charge in [-0.05, 0) is 49.3 Å². The number of halogens is 1. The topological polar surface area (TPSA) is 38.0 Å². The summed E-state index contributed by atoms with van der Waals surface area (Å²) in [6.45, 7) is 5.36. The summed E-state index contributed by atoms with van der Waals surface area (Å²) in [4.78, 5) is 0. The normalized spacial score (nSPS) is 17.2. The van der Waals surface area contributed by atoms with Crippen molar-refractivity contribution in [2.75, 3.05) is 17.6 Å². The van der Waals surface area contributed by atoms with Crippen LogP contribution in [0, 0.1) is 12.3 Å².